The highest BCUT2D eigenvalue weighted by molar-refractivity contribution is 5.91. The van der Waals surface area contributed by atoms with Crippen LogP contribution in [-0.2, 0) is 23.8 Å². The molecule has 1 aliphatic rings. The Bertz CT molecular complexity index is 394. The van der Waals surface area contributed by atoms with Crippen LogP contribution in [0.2, 0.25) is 0 Å². The second-order valence-corrected chi connectivity index (χ2v) is 6.79. The average molecular weight is 327 g/mol. The van der Waals surface area contributed by atoms with Crippen molar-refractivity contribution in [1.29, 1.82) is 0 Å². The maximum atomic E-state index is 11.5. The first-order valence-electron chi connectivity index (χ1n) is 8.18. The standard InChI is InChI=1S/C17H29NO5/c1-17(2,3)7-12-23-16(20)6-5-15(19)22-11-4-8-18-9-13-21-14-10-18/h5-6H,4,7-14H2,1-3H3/b6-5+. The highest BCUT2D eigenvalue weighted by Crippen LogP contribution is 2.17. The van der Waals surface area contributed by atoms with Crippen LogP contribution in [0.4, 0.5) is 0 Å². The highest BCUT2D eigenvalue weighted by atomic mass is 16.5. The van der Waals surface area contributed by atoms with Crippen LogP contribution in [0.15, 0.2) is 12.2 Å². The molecule has 6 heteroatoms. The molecular formula is C17H29NO5. The minimum atomic E-state index is -0.514. The maximum absolute atomic E-state index is 11.5. The van der Waals surface area contributed by atoms with Crippen LogP contribution >= 0.6 is 0 Å². The van der Waals surface area contributed by atoms with Gasteiger partial charge in [0.05, 0.1) is 26.4 Å². The zero-order valence-electron chi connectivity index (χ0n) is 14.5. The van der Waals surface area contributed by atoms with Gasteiger partial charge in [-0.1, -0.05) is 20.8 Å². The fourth-order valence-electron chi connectivity index (χ4n) is 1.98. The van der Waals surface area contributed by atoms with Crippen molar-refractivity contribution in [3.63, 3.8) is 0 Å². The summed E-state index contributed by atoms with van der Waals surface area (Å²) < 4.78 is 15.3. The molecule has 6 nitrogen and oxygen atoms in total. The zero-order valence-corrected chi connectivity index (χ0v) is 14.5. The van der Waals surface area contributed by atoms with Crippen molar-refractivity contribution in [3.05, 3.63) is 12.2 Å². The second-order valence-electron chi connectivity index (χ2n) is 6.79. The molecule has 0 radical (unpaired) electrons. The summed E-state index contributed by atoms with van der Waals surface area (Å²) in [5.74, 6) is -1.03. The van der Waals surface area contributed by atoms with Crippen LogP contribution in [0, 0.1) is 5.41 Å². The van der Waals surface area contributed by atoms with E-state index in [9.17, 15) is 9.59 Å². The van der Waals surface area contributed by atoms with E-state index in [0.717, 1.165) is 57.8 Å². The molecule has 23 heavy (non-hydrogen) atoms. The van der Waals surface area contributed by atoms with Crippen LogP contribution < -0.4 is 0 Å². The fourth-order valence-corrected chi connectivity index (χ4v) is 1.98. The fraction of sp³-hybridized carbons (Fsp3) is 0.765. The summed E-state index contributed by atoms with van der Waals surface area (Å²) in [6, 6.07) is 0. The lowest BCUT2D eigenvalue weighted by atomic mass is 9.93. The number of esters is 2. The van der Waals surface area contributed by atoms with Gasteiger partial charge >= 0.3 is 11.9 Å². The predicted octanol–water partition coefficient (Wildman–Crippen LogP) is 1.79. The van der Waals surface area contributed by atoms with Crippen molar-refractivity contribution in [1.82, 2.24) is 4.90 Å². The van der Waals surface area contributed by atoms with Crippen molar-refractivity contribution in [2.45, 2.75) is 33.6 Å². The third kappa shape index (κ3) is 10.9. The van der Waals surface area contributed by atoms with E-state index in [1.165, 1.54) is 0 Å². The number of nitrogens with zero attached hydrogens (tertiary/aromatic N) is 1. The van der Waals surface area contributed by atoms with Gasteiger partial charge in [-0.05, 0) is 18.3 Å². The first-order chi connectivity index (χ1) is 10.9. The summed E-state index contributed by atoms with van der Waals surface area (Å²) in [5, 5.41) is 0. The third-order valence-corrected chi connectivity index (χ3v) is 3.42. The van der Waals surface area contributed by atoms with E-state index in [0.29, 0.717) is 13.2 Å². The summed E-state index contributed by atoms with van der Waals surface area (Å²) in [4.78, 5) is 25.2. The first kappa shape index (κ1) is 19.6. The van der Waals surface area contributed by atoms with Crippen LogP contribution in [0.25, 0.3) is 0 Å². The summed E-state index contributed by atoms with van der Waals surface area (Å²) in [5.41, 5.74) is 0.114. The van der Waals surface area contributed by atoms with E-state index in [4.69, 9.17) is 14.2 Å². The molecule has 1 rings (SSSR count). The maximum Gasteiger partial charge on any atom is 0.331 e. The van der Waals surface area contributed by atoms with E-state index in [2.05, 4.69) is 25.7 Å². The predicted molar refractivity (Wildman–Crippen MR) is 87.0 cm³/mol. The molecule has 0 atom stereocenters. The lowest BCUT2D eigenvalue weighted by molar-refractivity contribution is -0.141. The second kappa shape index (κ2) is 10.4. The smallest absolute Gasteiger partial charge is 0.331 e. The molecule has 0 N–H and O–H groups in total. The minimum Gasteiger partial charge on any atom is -0.463 e. The quantitative estimate of drug-likeness (QED) is 0.385. The van der Waals surface area contributed by atoms with Crippen molar-refractivity contribution >= 4 is 11.9 Å². The largest absolute Gasteiger partial charge is 0.463 e. The summed E-state index contributed by atoms with van der Waals surface area (Å²) in [6.07, 6.45) is 3.79. The van der Waals surface area contributed by atoms with Crippen molar-refractivity contribution in [3.8, 4) is 0 Å². The Labute approximate surface area is 138 Å². The molecule has 1 saturated heterocycles. The van der Waals surface area contributed by atoms with E-state index in [1.54, 1.807) is 0 Å². The molecule has 0 aromatic rings. The zero-order chi connectivity index (χ0) is 17.1. The topological polar surface area (TPSA) is 65.1 Å². The van der Waals surface area contributed by atoms with E-state index < -0.39 is 11.9 Å². The molecule has 1 fully saturated rings. The van der Waals surface area contributed by atoms with Crippen LogP contribution in [0.5, 0.6) is 0 Å². The Morgan fingerprint density at radius 2 is 1.61 bits per heavy atom. The Hall–Kier alpha value is -1.40. The number of hydrogen-bond donors (Lipinski definition) is 0. The first-order valence-corrected chi connectivity index (χ1v) is 8.18. The summed E-state index contributed by atoms with van der Waals surface area (Å²) in [6.45, 7) is 11.2. The van der Waals surface area contributed by atoms with Gasteiger partial charge in [0, 0.05) is 31.8 Å². The van der Waals surface area contributed by atoms with Gasteiger partial charge in [0.15, 0.2) is 0 Å². The Morgan fingerprint density at radius 3 is 2.17 bits per heavy atom. The average Bonchev–Trinajstić information content (AvgIpc) is 2.49. The summed E-state index contributed by atoms with van der Waals surface area (Å²) in [7, 11) is 0. The van der Waals surface area contributed by atoms with Crippen molar-refractivity contribution in [2.24, 2.45) is 5.41 Å². The number of carbonyl (C=O) groups excluding carboxylic acids is 2. The molecule has 0 bridgehead atoms. The molecule has 0 unspecified atom stereocenters. The minimum absolute atomic E-state index is 0.114. The molecule has 0 aromatic carbocycles. The van der Waals surface area contributed by atoms with Crippen molar-refractivity contribution in [2.75, 3.05) is 46.1 Å². The van der Waals surface area contributed by atoms with E-state index in [-0.39, 0.29) is 5.41 Å². The van der Waals surface area contributed by atoms with Gasteiger partial charge in [0.1, 0.15) is 0 Å². The molecule has 0 saturated carbocycles. The van der Waals surface area contributed by atoms with E-state index in [1.807, 2.05) is 0 Å². The van der Waals surface area contributed by atoms with Crippen molar-refractivity contribution < 1.29 is 23.8 Å². The molecule has 132 valence electrons. The lowest BCUT2D eigenvalue weighted by Crippen LogP contribution is -2.37. The highest BCUT2D eigenvalue weighted by Gasteiger charge is 2.11. The number of hydrogen-bond acceptors (Lipinski definition) is 6. The lowest BCUT2D eigenvalue weighted by Gasteiger charge is -2.26. The number of rotatable bonds is 8. The van der Waals surface area contributed by atoms with Crippen LogP contribution in [-0.4, -0.2) is 62.9 Å². The molecular weight excluding hydrogens is 298 g/mol. The summed E-state index contributed by atoms with van der Waals surface area (Å²) >= 11 is 0. The van der Waals surface area contributed by atoms with Gasteiger partial charge < -0.3 is 14.2 Å². The van der Waals surface area contributed by atoms with Crippen LogP contribution in [0.1, 0.15) is 33.6 Å². The molecule has 0 aliphatic carbocycles. The Morgan fingerprint density at radius 1 is 1.04 bits per heavy atom. The molecule has 1 aliphatic heterocycles. The van der Waals surface area contributed by atoms with Gasteiger partial charge in [0.2, 0.25) is 0 Å². The Balaban J connectivity index is 2.06. The monoisotopic (exact) mass is 327 g/mol. The van der Waals surface area contributed by atoms with Gasteiger partial charge in [0.25, 0.3) is 0 Å². The normalized spacial score (nSPS) is 16.5. The third-order valence-electron chi connectivity index (χ3n) is 3.42. The molecule has 0 amide bonds. The van der Waals surface area contributed by atoms with Gasteiger partial charge in [-0.2, -0.15) is 0 Å². The Kier molecular flexibility index (Phi) is 8.87. The van der Waals surface area contributed by atoms with Crippen LogP contribution in [0.3, 0.4) is 0 Å². The number of ether oxygens (including phenoxy) is 3. The number of carbonyl (C=O) groups is 2. The molecule has 1 heterocycles. The molecule has 0 spiro atoms. The SMILES string of the molecule is CC(C)(C)CCOC(=O)/C=C/C(=O)OCCCN1CCOCC1. The molecule has 0 aromatic heterocycles. The van der Waals surface area contributed by atoms with Gasteiger partial charge in [-0.15, -0.1) is 0 Å². The van der Waals surface area contributed by atoms with Gasteiger partial charge in [-0.3, -0.25) is 4.90 Å². The van der Waals surface area contributed by atoms with E-state index >= 15 is 0 Å². The van der Waals surface area contributed by atoms with Gasteiger partial charge in [-0.25, -0.2) is 9.59 Å². The number of morpholine rings is 1.